The van der Waals surface area contributed by atoms with Gasteiger partial charge in [-0.2, -0.15) is 0 Å². The summed E-state index contributed by atoms with van der Waals surface area (Å²) in [6.07, 6.45) is 12.8. The van der Waals surface area contributed by atoms with E-state index < -0.39 is 0 Å². The summed E-state index contributed by atoms with van der Waals surface area (Å²) in [7, 11) is 0. The Morgan fingerprint density at radius 2 is 1.56 bits per heavy atom. The molecule has 9 nitrogen and oxygen atoms in total. The first kappa shape index (κ1) is 21.3. The summed E-state index contributed by atoms with van der Waals surface area (Å²) in [5, 5.41) is 3.51. The number of nitrogens with one attached hydrogen (secondary N) is 1. The average molecular weight is 462 g/mol. The van der Waals surface area contributed by atoms with Crippen molar-refractivity contribution in [1.29, 1.82) is 0 Å². The molecule has 0 amide bonds. The molecule has 3 aliphatic rings. The van der Waals surface area contributed by atoms with Crippen molar-refractivity contribution >= 4 is 28.4 Å². The molecule has 1 aliphatic carbocycles. The molecule has 2 aliphatic heterocycles. The Bertz CT molecular complexity index is 1110. The smallest absolute Gasteiger partial charge is 0.222 e. The maximum absolute atomic E-state index is 6.53. The van der Waals surface area contributed by atoms with Crippen molar-refractivity contribution in [3.05, 3.63) is 36.9 Å². The molecule has 1 N–H and O–H groups in total. The molecule has 1 aromatic carbocycles. The number of anilines is 3. The first-order valence-electron chi connectivity index (χ1n) is 12.4. The van der Waals surface area contributed by atoms with Crippen LogP contribution < -0.4 is 19.9 Å². The maximum Gasteiger partial charge on any atom is 0.222 e. The molecule has 2 saturated heterocycles. The number of nitrogens with zero attached hydrogens (tertiary/aromatic N) is 6. The second-order valence-corrected chi connectivity index (χ2v) is 9.31. The molecule has 1 saturated carbocycles. The van der Waals surface area contributed by atoms with Crippen molar-refractivity contribution in [1.82, 2.24) is 19.9 Å². The van der Waals surface area contributed by atoms with Crippen LogP contribution in [0.1, 0.15) is 32.1 Å². The number of fused-ring (bicyclic) bond motifs is 1. The third-order valence-corrected chi connectivity index (χ3v) is 7.06. The highest BCUT2D eigenvalue weighted by Crippen LogP contribution is 2.33. The average Bonchev–Trinajstić information content (AvgIpc) is 2.86. The van der Waals surface area contributed by atoms with Gasteiger partial charge in [-0.05, 0) is 38.2 Å². The molecule has 3 fully saturated rings. The predicted octanol–water partition coefficient (Wildman–Crippen LogP) is 3.27. The van der Waals surface area contributed by atoms with Crippen LogP contribution in [0.15, 0.2) is 36.9 Å². The van der Waals surface area contributed by atoms with Gasteiger partial charge >= 0.3 is 0 Å². The monoisotopic (exact) mass is 461 g/mol. The quantitative estimate of drug-likeness (QED) is 0.594. The minimum atomic E-state index is 0.165. The normalized spacial score (nSPS) is 22.9. The van der Waals surface area contributed by atoms with Crippen LogP contribution in [0.5, 0.6) is 5.75 Å². The molecular formula is C25H31N7O2. The highest BCUT2D eigenvalue weighted by atomic mass is 16.5. The predicted molar refractivity (Wildman–Crippen MR) is 132 cm³/mol. The third-order valence-electron chi connectivity index (χ3n) is 7.06. The number of morpholine rings is 1. The van der Waals surface area contributed by atoms with E-state index in [0.717, 1.165) is 93.2 Å². The molecule has 3 aromatic rings. The molecule has 34 heavy (non-hydrogen) atoms. The minimum Gasteiger partial charge on any atom is -0.488 e. The van der Waals surface area contributed by atoms with Gasteiger partial charge in [0.05, 0.1) is 42.9 Å². The first-order chi connectivity index (χ1) is 16.8. The van der Waals surface area contributed by atoms with Gasteiger partial charge in [0.1, 0.15) is 11.3 Å². The van der Waals surface area contributed by atoms with E-state index in [1.165, 1.54) is 6.42 Å². The fourth-order valence-corrected chi connectivity index (χ4v) is 4.94. The Morgan fingerprint density at radius 3 is 2.29 bits per heavy atom. The molecule has 9 heteroatoms. The maximum atomic E-state index is 6.53. The topological polar surface area (TPSA) is 88.5 Å². The number of hydrogen-bond acceptors (Lipinski definition) is 9. The second-order valence-electron chi connectivity index (χ2n) is 9.31. The van der Waals surface area contributed by atoms with Crippen LogP contribution in [0.3, 0.4) is 0 Å². The molecule has 0 radical (unpaired) electrons. The van der Waals surface area contributed by atoms with Gasteiger partial charge < -0.3 is 24.6 Å². The lowest BCUT2D eigenvalue weighted by atomic mass is 9.93. The number of benzene rings is 1. The van der Waals surface area contributed by atoms with Gasteiger partial charge in [-0.1, -0.05) is 0 Å². The molecule has 178 valence electrons. The van der Waals surface area contributed by atoms with Gasteiger partial charge in [-0.25, -0.2) is 15.0 Å². The number of ether oxygens (including phenoxy) is 2. The molecule has 4 heterocycles. The fourth-order valence-electron chi connectivity index (χ4n) is 4.94. The molecule has 2 aromatic heterocycles. The Hall–Kier alpha value is -3.20. The summed E-state index contributed by atoms with van der Waals surface area (Å²) < 4.78 is 12.1. The molecular weight excluding hydrogens is 430 g/mol. The van der Waals surface area contributed by atoms with E-state index in [4.69, 9.17) is 9.47 Å². The lowest BCUT2D eigenvalue weighted by Gasteiger charge is -2.33. The van der Waals surface area contributed by atoms with Crippen molar-refractivity contribution in [2.45, 2.75) is 44.2 Å². The van der Waals surface area contributed by atoms with Crippen LogP contribution in [-0.4, -0.2) is 71.5 Å². The van der Waals surface area contributed by atoms with Gasteiger partial charge in [0, 0.05) is 56.4 Å². The van der Waals surface area contributed by atoms with E-state index in [2.05, 4.69) is 47.2 Å². The number of rotatable bonds is 6. The Kier molecular flexibility index (Phi) is 6.01. The van der Waals surface area contributed by atoms with E-state index in [1.807, 2.05) is 12.4 Å². The van der Waals surface area contributed by atoms with Crippen molar-refractivity contribution in [2.75, 3.05) is 54.5 Å². The summed E-state index contributed by atoms with van der Waals surface area (Å²) in [5.41, 5.74) is 3.94. The lowest BCUT2D eigenvalue weighted by molar-refractivity contribution is 0.122. The standard InChI is InChI=1S/C25H31N7O2/c1-8-31(9-1)20-16-28-25(29-17-20)30-18-2-4-21(5-3-18)34-23-15-19(32-10-12-33-13-11-32)14-22-24(23)27-7-6-26-22/h6-7,14-18,21H,1-5,8-13H2,(H,28,29,30). The molecule has 0 atom stereocenters. The Morgan fingerprint density at radius 1 is 0.824 bits per heavy atom. The van der Waals surface area contributed by atoms with Gasteiger partial charge in [0.15, 0.2) is 0 Å². The summed E-state index contributed by atoms with van der Waals surface area (Å²) in [4.78, 5) is 22.8. The van der Waals surface area contributed by atoms with E-state index >= 15 is 0 Å². The van der Waals surface area contributed by atoms with E-state index in [1.54, 1.807) is 12.4 Å². The second kappa shape index (κ2) is 9.58. The van der Waals surface area contributed by atoms with Crippen molar-refractivity contribution in [3.8, 4) is 5.75 Å². The van der Waals surface area contributed by atoms with Crippen LogP contribution in [0.25, 0.3) is 11.0 Å². The van der Waals surface area contributed by atoms with Gasteiger partial charge in [-0.15, -0.1) is 0 Å². The molecule has 0 spiro atoms. The molecule has 6 rings (SSSR count). The summed E-state index contributed by atoms with van der Waals surface area (Å²) in [6.45, 7) is 5.46. The van der Waals surface area contributed by atoms with Crippen LogP contribution >= 0.6 is 0 Å². The van der Waals surface area contributed by atoms with Crippen molar-refractivity contribution in [3.63, 3.8) is 0 Å². The van der Waals surface area contributed by atoms with Crippen LogP contribution in [-0.2, 0) is 4.74 Å². The highest BCUT2D eigenvalue weighted by molar-refractivity contribution is 5.85. The van der Waals surface area contributed by atoms with Gasteiger partial charge in [-0.3, -0.25) is 4.98 Å². The first-order valence-corrected chi connectivity index (χ1v) is 12.4. The van der Waals surface area contributed by atoms with E-state index in [-0.39, 0.29) is 6.10 Å². The van der Waals surface area contributed by atoms with Crippen molar-refractivity contribution in [2.24, 2.45) is 0 Å². The zero-order valence-corrected chi connectivity index (χ0v) is 19.4. The lowest BCUT2D eigenvalue weighted by Crippen LogP contribution is -2.37. The minimum absolute atomic E-state index is 0.165. The van der Waals surface area contributed by atoms with Gasteiger partial charge in [0.25, 0.3) is 0 Å². The Labute approximate surface area is 199 Å². The largest absolute Gasteiger partial charge is 0.488 e. The third kappa shape index (κ3) is 4.57. The molecule has 0 bridgehead atoms. The van der Waals surface area contributed by atoms with Crippen molar-refractivity contribution < 1.29 is 9.47 Å². The van der Waals surface area contributed by atoms with Crippen LogP contribution in [0.2, 0.25) is 0 Å². The van der Waals surface area contributed by atoms with Crippen LogP contribution in [0, 0.1) is 0 Å². The zero-order chi connectivity index (χ0) is 22.7. The summed E-state index contributed by atoms with van der Waals surface area (Å²) in [6, 6.07) is 4.60. The zero-order valence-electron chi connectivity index (χ0n) is 19.4. The van der Waals surface area contributed by atoms with Gasteiger partial charge in [0.2, 0.25) is 5.95 Å². The summed E-state index contributed by atoms with van der Waals surface area (Å²) >= 11 is 0. The highest BCUT2D eigenvalue weighted by Gasteiger charge is 2.25. The fraction of sp³-hybridized carbons (Fsp3) is 0.520. The van der Waals surface area contributed by atoms with Crippen LogP contribution in [0.4, 0.5) is 17.3 Å². The van der Waals surface area contributed by atoms with E-state index in [9.17, 15) is 0 Å². The number of hydrogen-bond donors (Lipinski definition) is 1. The van der Waals surface area contributed by atoms with E-state index in [0.29, 0.717) is 12.0 Å². The summed E-state index contributed by atoms with van der Waals surface area (Å²) in [5.74, 6) is 1.54. The molecule has 0 unspecified atom stereocenters. The SMILES string of the molecule is c1cnc2c(OC3CCC(Nc4ncc(N5CCC5)cn4)CC3)cc(N3CCOCC3)cc2n1. The Balaban J connectivity index is 1.09. The number of aromatic nitrogens is 4.